The molecule has 0 spiro atoms. The number of carbonyl (C=O) groups is 2. The van der Waals surface area contributed by atoms with Crippen molar-refractivity contribution < 1.29 is 14.7 Å². The minimum atomic E-state index is -1.09. The molecule has 3 heterocycles. The van der Waals surface area contributed by atoms with Crippen LogP contribution in [-0.4, -0.2) is 62.6 Å². The molecule has 2 amide bonds. The molecule has 2 aromatic rings. The fourth-order valence-electron chi connectivity index (χ4n) is 4.80. The van der Waals surface area contributed by atoms with Gasteiger partial charge in [0.05, 0.1) is 10.5 Å². The summed E-state index contributed by atoms with van der Waals surface area (Å²) in [6, 6.07) is 4.32. The molecule has 1 unspecified atom stereocenters. The molecular formula is C26H34N6O3S. The van der Waals surface area contributed by atoms with Crippen LogP contribution in [0.15, 0.2) is 12.3 Å². The molecule has 3 N–H and O–H groups in total. The van der Waals surface area contributed by atoms with Crippen LogP contribution in [0.5, 0.6) is 0 Å². The Morgan fingerprint density at radius 2 is 2.00 bits per heavy atom. The lowest BCUT2D eigenvalue weighted by molar-refractivity contribution is 0.0692. The Balaban J connectivity index is 1.74. The SMILES string of the molecule is CC1CCCN1C(=O)c1nc(C(=O)NCC(C)(C)O)sc1-c1ccnc(NC2CCCCC2)c1C#N. The van der Waals surface area contributed by atoms with Gasteiger partial charge in [-0.15, -0.1) is 11.3 Å². The van der Waals surface area contributed by atoms with Crippen molar-refractivity contribution in [3.05, 3.63) is 28.5 Å². The number of likely N-dealkylation sites (tertiary alicyclic amines) is 1. The normalized spacial score (nSPS) is 18.6. The van der Waals surface area contributed by atoms with E-state index >= 15 is 0 Å². The Hall–Kier alpha value is -3.03. The van der Waals surface area contributed by atoms with Gasteiger partial charge >= 0.3 is 0 Å². The lowest BCUT2D eigenvalue weighted by atomic mass is 9.95. The van der Waals surface area contributed by atoms with Crippen molar-refractivity contribution in [2.75, 3.05) is 18.4 Å². The summed E-state index contributed by atoms with van der Waals surface area (Å²) in [6.45, 7) is 5.88. The first-order valence-corrected chi connectivity index (χ1v) is 13.5. The third-order valence-corrected chi connectivity index (χ3v) is 7.86. The van der Waals surface area contributed by atoms with Gasteiger partial charge in [-0.2, -0.15) is 5.26 Å². The second-order valence-corrected chi connectivity index (χ2v) is 11.4. The highest BCUT2D eigenvalue weighted by atomic mass is 32.1. The number of hydrogen-bond acceptors (Lipinski definition) is 8. The van der Waals surface area contributed by atoms with Crippen LogP contribution in [0.1, 0.15) is 91.6 Å². The van der Waals surface area contributed by atoms with Crippen molar-refractivity contribution in [1.29, 1.82) is 5.26 Å². The number of thiazole rings is 1. The molecule has 1 saturated heterocycles. The molecule has 1 aliphatic heterocycles. The molecule has 2 aromatic heterocycles. The number of nitrogens with zero attached hydrogens (tertiary/aromatic N) is 4. The fourth-order valence-corrected chi connectivity index (χ4v) is 5.81. The molecule has 0 radical (unpaired) electrons. The monoisotopic (exact) mass is 510 g/mol. The van der Waals surface area contributed by atoms with Crippen LogP contribution in [0, 0.1) is 11.3 Å². The van der Waals surface area contributed by atoms with Crippen LogP contribution in [0.25, 0.3) is 10.4 Å². The van der Waals surface area contributed by atoms with E-state index in [1.54, 1.807) is 31.0 Å². The third kappa shape index (κ3) is 5.85. The maximum atomic E-state index is 13.6. The van der Waals surface area contributed by atoms with E-state index in [1.165, 1.54) is 6.42 Å². The number of pyridine rings is 1. The molecule has 9 nitrogen and oxygen atoms in total. The summed E-state index contributed by atoms with van der Waals surface area (Å²) in [5.41, 5.74) is -0.0229. The quantitative estimate of drug-likeness (QED) is 0.514. The summed E-state index contributed by atoms with van der Waals surface area (Å²) in [6.07, 6.45) is 9.02. The number of carbonyl (C=O) groups excluding carboxylic acids is 2. The topological polar surface area (TPSA) is 131 Å². The van der Waals surface area contributed by atoms with Crippen LogP contribution in [0.4, 0.5) is 5.82 Å². The molecule has 4 rings (SSSR count). The zero-order valence-corrected chi connectivity index (χ0v) is 22.0. The highest BCUT2D eigenvalue weighted by molar-refractivity contribution is 7.17. The second-order valence-electron chi connectivity index (χ2n) is 10.4. The summed E-state index contributed by atoms with van der Waals surface area (Å²) in [7, 11) is 0. The third-order valence-electron chi connectivity index (χ3n) is 6.77. The van der Waals surface area contributed by atoms with E-state index in [1.807, 2.05) is 6.92 Å². The smallest absolute Gasteiger partial charge is 0.280 e. The maximum Gasteiger partial charge on any atom is 0.280 e. The molecule has 192 valence electrons. The van der Waals surface area contributed by atoms with Crippen molar-refractivity contribution in [3.8, 4) is 16.5 Å². The van der Waals surface area contributed by atoms with Crippen molar-refractivity contribution in [2.45, 2.75) is 83.4 Å². The molecular weight excluding hydrogens is 476 g/mol. The van der Waals surface area contributed by atoms with Gasteiger partial charge in [0, 0.05) is 36.9 Å². The predicted octanol–water partition coefficient (Wildman–Crippen LogP) is 3.95. The summed E-state index contributed by atoms with van der Waals surface area (Å²) >= 11 is 1.08. The van der Waals surface area contributed by atoms with Gasteiger partial charge in [-0.25, -0.2) is 9.97 Å². The Kier molecular flexibility index (Phi) is 7.91. The van der Waals surface area contributed by atoms with Crippen LogP contribution in [0.3, 0.4) is 0 Å². The van der Waals surface area contributed by atoms with Crippen molar-refractivity contribution in [3.63, 3.8) is 0 Å². The van der Waals surface area contributed by atoms with E-state index in [-0.39, 0.29) is 35.2 Å². The zero-order valence-electron chi connectivity index (χ0n) is 21.1. The van der Waals surface area contributed by atoms with Gasteiger partial charge < -0.3 is 20.6 Å². The Labute approximate surface area is 215 Å². The van der Waals surface area contributed by atoms with Crippen LogP contribution < -0.4 is 10.6 Å². The summed E-state index contributed by atoms with van der Waals surface area (Å²) in [5.74, 6) is -0.212. The van der Waals surface area contributed by atoms with Gasteiger partial charge in [-0.05, 0) is 52.5 Å². The van der Waals surface area contributed by atoms with E-state index in [0.717, 1.165) is 49.9 Å². The summed E-state index contributed by atoms with van der Waals surface area (Å²) in [4.78, 5) is 37.7. The van der Waals surface area contributed by atoms with Gasteiger partial charge in [0.25, 0.3) is 11.8 Å². The molecule has 1 atom stereocenters. The predicted molar refractivity (Wildman–Crippen MR) is 139 cm³/mol. The highest BCUT2D eigenvalue weighted by Crippen LogP contribution is 2.37. The number of anilines is 1. The standard InChI is InChI=1S/C26H34N6O3S/c1-16-8-7-13-32(16)25(34)20-21(36-24(31-20)23(33)29-15-26(2,3)35)18-11-12-28-22(19(18)14-27)30-17-9-5-4-6-10-17/h11-12,16-17,35H,4-10,13,15H2,1-3H3,(H,28,30)(H,29,33). The van der Waals surface area contributed by atoms with Gasteiger partial charge in [-0.3, -0.25) is 9.59 Å². The molecule has 2 aliphatic rings. The average molecular weight is 511 g/mol. The van der Waals surface area contributed by atoms with Crippen molar-refractivity contribution >= 4 is 29.0 Å². The lowest BCUT2D eigenvalue weighted by Gasteiger charge is -2.24. The number of aromatic nitrogens is 2. The fraction of sp³-hybridized carbons (Fsp3) is 0.577. The summed E-state index contributed by atoms with van der Waals surface area (Å²) in [5, 5.41) is 26.4. The Morgan fingerprint density at radius 1 is 1.25 bits per heavy atom. The number of nitriles is 1. The lowest BCUT2D eigenvalue weighted by Crippen LogP contribution is -2.38. The first-order chi connectivity index (χ1) is 17.2. The average Bonchev–Trinajstić information content (AvgIpc) is 3.49. The second kappa shape index (κ2) is 10.9. The van der Waals surface area contributed by atoms with E-state index < -0.39 is 11.5 Å². The minimum Gasteiger partial charge on any atom is -0.389 e. The minimum absolute atomic E-state index is 0.0430. The first kappa shape index (κ1) is 26.0. The van der Waals surface area contributed by atoms with Crippen LogP contribution in [-0.2, 0) is 0 Å². The molecule has 10 heteroatoms. The first-order valence-electron chi connectivity index (χ1n) is 12.7. The Bertz CT molecular complexity index is 1160. The number of nitrogens with one attached hydrogen (secondary N) is 2. The molecule has 1 aliphatic carbocycles. The van der Waals surface area contributed by atoms with E-state index in [4.69, 9.17) is 0 Å². The van der Waals surface area contributed by atoms with E-state index in [9.17, 15) is 20.0 Å². The molecule has 1 saturated carbocycles. The maximum absolute atomic E-state index is 13.6. The van der Waals surface area contributed by atoms with Gasteiger partial charge in [0.2, 0.25) is 0 Å². The zero-order chi connectivity index (χ0) is 25.9. The molecule has 0 bridgehead atoms. The number of aliphatic hydroxyl groups is 1. The number of hydrogen-bond donors (Lipinski definition) is 3. The molecule has 0 aromatic carbocycles. The van der Waals surface area contributed by atoms with E-state index in [2.05, 4.69) is 26.7 Å². The van der Waals surface area contributed by atoms with E-state index in [0.29, 0.717) is 28.4 Å². The largest absolute Gasteiger partial charge is 0.389 e. The molecule has 2 fully saturated rings. The summed E-state index contributed by atoms with van der Waals surface area (Å²) < 4.78 is 0. The van der Waals surface area contributed by atoms with Gasteiger partial charge in [0.1, 0.15) is 23.1 Å². The highest BCUT2D eigenvalue weighted by Gasteiger charge is 2.32. The van der Waals surface area contributed by atoms with Crippen molar-refractivity contribution in [2.24, 2.45) is 0 Å². The number of rotatable bonds is 7. The Morgan fingerprint density at radius 3 is 2.64 bits per heavy atom. The van der Waals surface area contributed by atoms with Crippen LogP contribution in [0.2, 0.25) is 0 Å². The van der Waals surface area contributed by atoms with Gasteiger partial charge in [-0.1, -0.05) is 19.3 Å². The van der Waals surface area contributed by atoms with Gasteiger partial charge in [0.15, 0.2) is 5.01 Å². The number of amides is 2. The van der Waals surface area contributed by atoms with Crippen molar-refractivity contribution in [1.82, 2.24) is 20.2 Å². The molecule has 36 heavy (non-hydrogen) atoms. The van der Waals surface area contributed by atoms with Crippen LogP contribution >= 0.6 is 11.3 Å².